The lowest BCUT2D eigenvalue weighted by Gasteiger charge is -2.21. The maximum absolute atomic E-state index is 5.91. The van der Waals surface area contributed by atoms with Crippen molar-refractivity contribution in [3.8, 4) is 0 Å². The van der Waals surface area contributed by atoms with Gasteiger partial charge in [-0.25, -0.2) is 0 Å². The number of anilines is 1. The van der Waals surface area contributed by atoms with Crippen LogP contribution >= 0.6 is 0 Å². The van der Waals surface area contributed by atoms with Crippen molar-refractivity contribution in [3.05, 3.63) is 42.0 Å². The highest BCUT2D eigenvalue weighted by molar-refractivity contribution is 5.50. The highest BCUT2D eigenvalue weighted by atomic mass is 16.5. The van der Waals surface area contributed by atoms with Crippen molar-refractivity contribution in [3.63, 3.8) is 0 Å². The third-order valence-electron chi connectivity index (χ3n) is 4.43. The van der Waals surface area contributed by atoms with E-state index in [2.05, 4.69) is 48.2 Å². The van der Waals surface area contributed by atoms with Crippen LogP contribution in [0.15, 0.2) is 36.4 Å². The molecule has 2 saturated heterocycles. The molecule has 1 aromatic rings. The fraction of sp³-hybridized carbons (Fsp3) is 0.467. The number of rotatable bonds is 1. The van der Waals surface area contributed by atoms with Crippen molar-refractivity contribution in [2.24, 2.45) is 11.8 Å². The molecule has 1 aromatic carbocycles. The molecule has 2 fully saturated rings. The van der Waals surface area contributed by atoms with Crippen LogP contribution in [0.3, 0.4) is 0 Å². The summed E-state index contributed by atoms with van der Waals surface area (Å²) in [6.45, 7) is 4.47. The monoisotopic (exact) mass is 227 g/mol. The van der Waals surface area contributed by atoms with Gasteiger partial charge in [0.1, 0.15) is 0 Å². The summed E-state index contributed by atoms with van der Waals surface area (Å²) < 4.78 is 5.91. The maximum atomic E-state index is 5.91. The van der Waals surface area contributed by atoms with Crippen LogP contribution in [-0.4, -0.2) is 25.3 Å². The molecular formula is C15H17NO. The third kappa shape index (κ3) is 1.37. The molecule has 0 aliphatic carbocycles. The van der Waals surface area contributed by atoms with Gasteiger partial charge >= 0.3 is 0 Å². The zero-order valence-corrected chi connectivity index (χ0v) is 10.0. The summed E-state index contributed by atoms with van der Waals surface area (Å²) in [6, 6.07) is 8.83. The lowest BCUT2D eigenvalue weighted by atomic mass is 9.86. The molecule has 88 valence electrons. The van der Waals surface area contributed by atoms with Crippen molar-refractivity contribution in [1.29, 1.82) is 0 Å². The fourth-order valence-corrected chi connectivity index (χ4v) is 3.56. The molecule has 0 amide bonds. The molecule has 2 nitrogen and oxygen atoms in total. The number of hydrogen-bond donors (Lipinski definition) is 0. The van der Waals surface area contributed by atoms with Gasteiger partial charge < -0.3 is 9.64 Å². The van der Waals surface area contributed by atoms with E-state index in [1.165, 1.54) is 11.3 Å². The molecule has 4 rings (SSSR count). The molecule has 0 spiro atoms. The van der Waals surface area contributed by atoms with E-state index in [-0.39, 0.29) is 0 Å². The minimum atomic E-state index is 0.389. The van der Waals surface area contributed by atoms with E-state index in [1.54, 1.807) is 0 Å². The number of aryl methyl sites for hydroxylation is 1. The minimum absolute atomic E-state index is 0.389. The lowest BCUT2D eigenvalue weighted by Crippen LogP contribution is -2.24. The number of hydrogen-bond acceptors (Lipinski definition) is 2. The molecule has 3 aliphatic heterocycles. The maximum Gasteiger partial charge on any atom is 0.0814 e. The van der Waals surface area contributed by atoms with Crippen LogP contribution < -0.4 is 4.90 Å². The van der Waals surface area contributed by atoms with Gasteiger partial charge in [0.15, 0.2) is 0 Å². The Morgan fingerprint density at radius 2 is 1.82 bits per heavy atom. The van der Waals surface area contributed by atoms with E-state index in [0.29, 0.717) is 24.0 Å². The van der Waals surface area contributed by atoms with E-state index in [4.69, 9.17) is 4.74 Å². The first-order valence-electron chi connectivity index (χ1n) is 6.47. The highest BCUT2D eigenvalue weighted by Crippen LogP contribution is 2.44. The highest BCUT2D eigenvalue weighted by Gasteiger charge is 2.50. The Labute approximate surface area is 102 Å². The van der Waals surface area contributed by atoms with Crippen molar-refractivity contribution < 1.29 is 4.74 Å². The molecule has 17 heavy (non-hydrogen) atoms. The quantitative estimate of drug-likeness (QED) is 0.683. The number of benzene rings is 1. The van der Waals surface area contributed by atoms with Crippen LogP contribution in [-0.2, 0) is 4.74 Å². The molecule has 2 heteroatoms. The summed E-state index contributed by atoms with van der Waals surface area (Å²) in [5, 5.41) is 0. The Morgan fingerprint density at radius 1 is 1.12 bits per heavy atom. The second-order valence-electron chi connectivity index (χ2n) is 5.52. The average Bonchev–Trinajstić information content (AvgIpc) is 3.01. The van der Waals surface area contributed by atoms with Gasteiger partial charge in [0.2, 0.25) is 0 Å². The van der Waals surface area contributed by atoms with E-state index >= 15 is 0 Å². The van der Waals surface area contributed by atoms with Gasteiger partial charge in [-0.3, -0.25) is 0 Å². The summed E-state index contributed by atoms with van der Waals surface area (Å²) in [5.74, 6) is 1.43. The molecular weight excluding hydrogens is 210 g/mol. The predicted molar refractivity (Wildman–Crippen MR) is 68.2 cm³/mol. The molecule has 3 heterocycles. The van der Waals surface area contributed by atoms with Crippen LogP contribution in [0, 0.1) is 18.8 Å². The summed E-state index contributed by atoms with van der Waals surface area (Å²) >= 11 is 0. The molecule has 0 saturated carbocycles. The van der Waals surface area contributed by atoms with Crippen LogP contribution in [0.1, 0.15) is 5.56 Å². The minimum Gasteiger partial charge on any atom is -0.371 e. The zero-order chi connectivity index (χ0) is 11.4. The largest absolute Gasteiger partial charge is 0.371 e. The van der Waals surface area contributed by atoms with Crippen molar-refractivity contribution in [1.82, 2.24) is 0 Å². The van der Waals surface area contributed by atoms with Crippen LogP contribution in [0.25, 0.3) is 0 Å². The topological polar surface area (TPSA) is 12.5 Å². The summed E-state index contributed by atoms with van der Waals surface area (Å²) in [4.78, 5) is 2.53. The van der Waals surface area contributed by atoms with Gasteiger partial charge in [0.25, 0.3) is 0 Å². The van der Waals surface area contributed by atoms with Crippen molar-refractivity contribution in [2.75, 3.05) is 18.0 Å². The van der Waals surface area contributed by atoms with Crippen LogP contribution in [0.4, 0.5) is 5.69 Å². The number of ether oxygens (including phenoxy) is 1. The van der Waals surface area contributed by atoms with Gasteiger partial charge in [0, 0.05) is 30.6 Å². The summed E-state index contributed by atoms with van der Waals surface area (Å²) in [5.41, 5.74) is 2.72. The number of fused-ring (bicyclic) bond motifs is 5. The van der Waals surface area contributed by atoms with Crippen LogP contribution in [0.2, 0.25) is 0 Å². The second kappa shape index (κ2) is 3.36. The Hall–Kier alpha value is -1.28. The van der Waals surface area contributed by atoms with Crippen molar-refractivity contribution >= 4 is 5.69 Å². The number of nitrogens with zero attached hydrogens (tertiary/aromatic N) is 1. The molecule has 0 aromatic heterocycles. The zero-order valence-electron chi connectivity index (χ0n) is 10.0. The molecule has 2 bridgehead atoms. The Morgan fingerprint density at radius 3 is 2.47 bits per heavy atom. The third-order valence-corrected chi connectivity index (χ3v) is 4.43. The van der Waals surface area contributed by atoms with E-state index in [1.807, 2.05) is 0 Å². The summed E-state index contributed by atoms with van der Waals surface area (Å²) in [7, 11) is 0. The fourth-order valence-electron chi connectivity index (χ4n) is 3.56. The summed E-state index contributed by atoms with van der Waals surface area (Å²) in [6.07, 6.45) is 5.29. The lowest BCUT2D eigenvalue weighted by molar-refractivity contribution is 0.100. The Kier molecular flexibility index (Phi) is 1.92. The van der Waals surface area contributed by atoms with Gasteiger partial charge in [-0.15, -0.1) is 0 Å². The predicted octanol–water partition coefficient (Wildman–Crippen LogP) is 2.38. The van der Waals surface area contributed by atoms with Crippen LogP contribution in [0.5, 0.6) is 0 Å². The smallest absolute Gasteiger partial charge is 0.0814 e. The molecule has 0 radical (unpaired) electrons. The molecule has 0 N–H and O–H groups in total. The molecule has 4 atom stereocenters. The van der Waals surface area contributed by atoms with Gasteiger partial charge in [-0.05, 0) is 24.6 Å². The van der Waals surface area contributed by atoms with E-state index in [9.17, 15) is 0 Å². The van der Waals surface area contributed by atoms with Gasteiger partial charge in [-0.2, -0.15) is 0 Å². The standard InChI is InChI=1S/C15H17NO/c1-10-3-2-4-11(7-10)16-8-12-13(9-16)15-6-5-14(12)17-15/h2-7,12-15H,8-9H2,1H3. The van der Waals surface area contributed by atoms with E-state index in [0.717, 1.165) is 13.1 Å². The Balaban J connectivity index is 1.60. The first-order chi connectivity index (χ1) is 8.31. The normalized spacial score (nSPS) is 37.8. The molecule has 4 unspecified atom stereocenters. The van der Waals surface area contributed by atoms with E-state index < -0.39 is 0 Å². The second-order valence-corrected chi connectivity index (χ2v) is 5.52. The average molecular weight is 227 g/mol. The first-order valence-corrected chi connectivity index (χ1v) is 6.47. The molecule has 3 aliphatic rings. The SMILES string of the molecule is Cc1cccc(N2CC3C4C=CC(O4)C3C2)c1. The van der Waals surface area contributed by atoms with Crippen molar-refractivity contribution in [2.45, 2.75) is 19.1 Å². The first kappa shape index (κ1) is 9.72. The Bertz CT molecular complexity index is 462. The van der Waals surface area contributed by atoms with Gasteiger partial charge in [0.05, 0.1) is 12.2 Å². The van der Waals surface area contributed by atoms with Gasteiger partial charge in [-0.1, -0.05) is 24.3 Å².